The number of halogens is 1. The quantitative estimate of drug-likeness (QED) is 0.357. The summed E-state index contributed by atoms with van der Waals surface area (Å²) in [6.45, 7) is 8.33. The number of amides is 2. The van der Waals surface area contributed by atoms with E-state index in [2.05, 4.69) is 22.0 Å². The molecule has 0 bridgehead atoms. The van der Waals surface area contributed by atoms with Crippen molar-refractivity contribution in [3.63, 3.8) is 0 Å². The lowest BCUT2D eigenvalue weighted by Gasteiger charge is -2.39. The Balaban J connectivity index is 1.88. The molecular weight excluding hydrogens is 532 g/mol. The van der Waals surface area contributed by atoms with Crippen molar-refractivity contribution in [2.45, 2.75) is 58.5 Å². The second-order valence-corrected chi connectivity index (χ2v) is 11.3. The van der Waals surface area contributed by atoms with Crippen molar-refractivity contribution in [2.24, 2.45) is 0 Å². The van der Waals surface area contributed by atoms with Crippen LogP contribution < -0.4 is 4.74 Å². The Morgan fingerprint density at radius 3 is 2.60 bits per heavy atom. The molecule has 1 aromatic carbocycles. The van der Waals surface area contributed by atoms with Gasteiger partial charge in [0.1, 0.15) is 5.75 Å². The minimum absolute atomic E-state index is 0.175. The fourth-order valence-corrected chi connectivity index (χ4v) is 5.59. The highest BCUT2D eigenvalue weighted by atomic mass is 79.9. The molecule has 1 atom stereocenters. The van der Waals surface area contributed by atoms with Gasteiger partial charge in [-0.2, -0.15) is 0 Å². The Hall–Kier alpha value is -2.39. The third-order valence-electron chi connectivity index (χ3n) is 6.04. The van der Waals surface area contributed by atoms with Crippen LogP contribution in [0, 0.1) is 0 Å². The van der Waals surface area contributed by atoms with E-state index in [0.717, 1.165) is 18.4 Å². The molecule has 0 aliphatic carbocycles. The van der Waals surface area contributed by atoms with Crippen LogP contribution >= 0.6 is 27.3 Å². The summed E-state index contributed by atoms with van der Waals surface area (Å²) in [7, 11) is 1.58. The number of methoxy groups -OCH3 is 1. The van der Waals surface area contributed by atoms with Gasteiger partial charge >= 0.3 is 17.8 Å². The average molecular weight is 566 g/mol. The van der Waals surface area contributed by atoms with Crippen molar-refractivity contribution in [3.8, 4) is 5.75 Å². The van der Waals surface area contributed by atoms with Gasteiger partial charge in [-0.25, -0.2) is 4.79 Å². The number of carbonyl (C=O) groups is 3. The Morgan fingerprint density at radius 1 is 1.26 bits per heavy atom. The van der Waals surface area contributed by atoms with Crippen LogP contribution in [0.4, 0.5) is 0 Å². The molecule has 2 amide bonds. The molecule has 9 heteroatoms. The van der Waals surface area contributed by atoms with Gasteiger partial charge in [0.15, 0.2) is 6.04 Å². The zero-order chi connectivity index (χ0) is 25.8. The lowest BCUT2D eigenvalue weighted by atomic mass is 9.91. The summed E-state index contributed by atoms with van der Waals surface area (Å²) in [5.74, 6) is -1.20. The van der Waals surface area contributed by atoms with Crippen molar-refractivity contribution in [1.82, 2.24) is 9.80 Å². The van der Waals surface area contributed by atoms with Gasteiger partial charge in [-0.3, -0.25) is 9.59 Å². The first kappa shape index (κ1) is 27.2. The summed E-state index contributed by atoms with van der Waals surface area (Å²) in [5, 5.41) is 2.03. The van der Waals surface area contributed by atoms with Crippen LogP contribution in [0.1, 0.15) is 56.2 Å². The number of rotatable bonds is 7. The summed E-state index contributed by atoms with van der Waals surface area (Å²) < 4.78 is 11.4. The second-order valence-electron chi connectivity index (χ2n) is 9.40. The highest BCUT2D eigenvalue weighted by Gasteiger charge is 2.42. The van der Waals surface area contributed by atoms with Crippen LogP contribution in [0.3, 0.4) is 0 Å². The van der Waals surface area contributed by atoms with Gasteiger partial charge in [0.2, 0.25) is 0 Å². The molecule has 1 unspecified atom stereocenters. The molecule has 35 heavy (non-hydrogen) atoms. The monoisotopic (exact) mass is 564 g/mol. The largest absolute Gasteiger partial charge is 0.496 e. The van der Waals surface area contributed by atoms with E-state index in [-0.39, 0.29) is 13.2 Å². The maximum atomic E-state index is 13.6. The number of hydrogen-bond acceptors (Lipinski definition) is 6. The molecule has 0 spiro atoms. The van der Waals surface area contributed by atoms with E-state index < -0.39 is 29.4 Å². The van der Waals surface area contributed by atoms with Crippen LogP contribution in [0.2, 0.25) is 0 Å². The Morgan fingerprint density at radius 2 is 2.00 bits per heavy atom. The van der Waals surface area contributed by atoms with Crippen LogP contribution in [0.15, 0.2) is 34.1 Å². The molecule has 3 rings (SSSR count). The Labute approximate surface area is 219 Å². The minimum atomic E-state index is -0.995. The zero-order valence-corrected chi connectivity index (χ0v) is 23.3. The first-order valence-corrected chi connectivity index (χ1v) is 13.4. The molecule has 7 nitrogen and oxygen atoms in total. The smallest absolute Gasteiger partial charge is 0.333 e. The summed E-state index contributed by atoms with van der Waals surface area (Å²) >= 11 is 5.16. The van der Waals surface area contributed by atoms with Crippen molar-refractivity contribution >= 4 is 45.1 Å². The highest BCUT2D eigenvalue weighted by Crippen LogP contribution is 2.38. The molecule has 1 aliphatic heterocycles. The zero-order valence-electron chi connectivity index (χ0n) is 20.9. The third kappa shape index (κ3) is 6.25. The van der Waals surface area contributed by atoms with E-state index in [9.17, 15) is 14.4 Å². The van der Waals surface area contributed by atoms with Crippen molar-refractivity contribution in [1.29, 1.82) is 0 Å². The molecular formula is C26H33BrN2O5S. The second kappa shape index (κ2) is 11.6. The van der Waals surface area contributed by atoms with Gasteiger partial charge < -0.3 is 19.3 Å². The summed E-state index contributed by atoms with van der Waals surface area (Å²) in [6.07, 6.45) is 2.08. The van der Waals surface area contributed by atoms with Crippen molar-refractivity contribution in [3.05, 3.63) is 50.1 Å². The van der Waals surface area contributed by atoms with Gasteiger partial charge in [-0.15, -0.1) is 11.3 Å². The van der Waals surface area contributed by atoms with E-state index >= 15 is 0 Å². The van der Waals surface area contributed by atoms with Crippen LogP contribution in [-0.4, -0.2) is 59.9 Å². The molecule has 0 N–H and O–H groups in total. The molecule has 2 heterocycles. The molecule has 0 fully saturated rings. The van der Waals surface area contributed by atoms with E-state index in [1.165, 1.54) is 9.78 Å². The van der Waals surface area contributed by atoms with Crippen LogP contribution in [-0.2, 0) is 32.0 Å². The standard InChI is InChI=1S/C26H33BrN2O5S/c1-6-34-25(32)22-19-16-20(27)21(33-5)15-17(19)11-13-28(22)23(30)24(31)29(26(2,3)4)12-7-9-18-10-8-14-35-18/h8,10,14-16,22H,6-7,9,11-13H2,1-5H3. The predicted molar refractivity (Wildman–Crippen MR) is 140 cm³/mol. The highest BCUT2D eigenvalue weighted by molar-refractivity contribution is 9.10. The SMILES string of the molecule is CCOC(=O)C1c2cc(Br)c(OC)cc2CCN1C(=O)C(=O)N(CCCc1cccs1)C(C)(C)C. The summed E-state index contributed by atoms with van der Waals surface area (Å²) in [4.78, 5) is 44.4. The maximum Gasteiger partial charge on any atom is 0.333 e. The molecule has 1 aromatic heterocycles. The number of thiophene rings is 1. The minimum Gasteiger partial charge on any atom is -0.496 e. The molecule has 190 valence electrons. The lowest BCUT2D eigenvalue weighted by Crippen LogP contribution is -2.55. The van der Waals surface area contributed by atoms with Crippen molar-refractivity contribution < 1.29 is 23.9 Å². The summed E-state index contributed by atoms with van der Waals surface area (Å²) in [5.41, 5.74) is 0.984. The number of carbonyl (C=O) groups excluding carboxylic acids is 3. The Kier molecular flexibility index (Phi) is 8.99. The van der Waals surface area contributed by atoms with E-state index in [1.807, 2.05) is 38.3 Å². The van der Waals surface area contributed by atoms with Gasteiger partial charge in [0, 0.05) is 23.5 Å². The third-order valence-corrected chi connectivity index (χ3v) is 7.59. The number of ether oxygens (including phenoxy) is 2. The Bertz CT molecular complexity index is 1060. The summed E-state index contributed by atoms with van der Waals surface area (Å²) in [6, 6.07) is 6.73. The number of nitrogens with zero attached hydrogens (tertiary/aromatic N) is 2. The molecule has 2 aromatic rings. The number of benzene rings is 1. The first-order chi connectivity index (χ1) is 16.6. The van der Waals surface area contributed by atoms with Gasteiger partial charge in [0.05, 0.1) is 18.2 Å². The van der Waals surface area contributed by atoms with Gasteiger partial charge in [0.25, 0.3) is 0 Å². The predicted octanol–water partition coefficient (Wildman–Crippen LogP) is 4.77. The average Bonchev–Trinajstić information content (AvgIpc) is 3.32. The fraction of sp³-hybridized carbons (Fsp3) is 0.500. The molecule has 0 saturated carbocycles. The van der Waals surface area contributed by atoms with Crippen LogP contribution in [0.5, 0.6) is 5.75 Å². The maximum absolute atomic E-state index is 13.6. The lowest BCUT2D eigenvalue weighted by molar-refractivity contribution is -0.162. The fourth-order valence-electron chi connectivity index (χ4n) is 4.32. The van der Waals surface area contributed by atoms with E-state index in [1.54, 1.807) is 36.3 Å². The normalized spacial score (nSPS) is 15.4. The van der Waals surface area contributed by atoms with Crippen LogP contribution in [0.25, 0.3) is 0 Å². The van der Waals surface area contributed by atoms with Gasteiger partial charge in [-0.1, -0.05) is 6.07 Å². The first-order valence-electron chi connectivity index (χ1n) is 11.8. The number of hydrogen-bond donors (Lipinski definition) is 0. The molecule has 0 saturated heterocycles. The topological polar surface area (TPSA) is 76.1 Å². The number of aryl methyl sites for hydroxylation is 1. The number of fused-ring (bicyclic) bond motifs is 1. The van der Waals surface area contributed by atoms with E-state index in [0.29, 0.717) is 28.8 Å². The van der Waals surface area contributed by atoms with Crippen molar-refractivity contribution in [2.75, 3.05) is 26.8 Å². The number of esters is 1. The molecule has 0 radical (unpaired) electrons. The van der Waals surface area contributed by atoms with E-state index in [4.69, 9.17) is 9.47 Å². The van der Waals surface area contributed by atoms with Gasteiger partial charge in [-0.05, 0) is 97.6 Å². The molecule has 1 aliphatic rings.